The SMILES string of the molecule is O=C1CC(NC(=O)C(=O)NCC[C@H](NC(=O)c2ccc(Nc3nc(NC4(c5ccc(Cl)cc5)CC4)nc(OCC(F)(F)F)n3)cc2)C(=O)O)CCN1. The fourth-order valence-corrected chi connectivity index (χ4v) is 5.30. The summed E-state index contributed by atoms with van der Waals surface area (Å²) in [6, 6.07) is 10.1. The number of ether oxygens (including phenoxy) is 1. The van der Waals surface area contributed by atoms with E-state index in [2.05, 4.69) is 46.9 Å². The number of alkyl halides is 3. The van der Waals surface area contributed by atoms with Crippen LogP contribution in [-0.2, 0) is 24.7 Å². The fraction of sp³-hybridized carbons (Fsp3) is 0.375. The van der Waals surface area contributed by atoms with E-state index in [0.29, 0.717) is 36.5 Å². The van der Waals surface area contributed by atoms with E-state index in [-0.39, 0.29) is 42.8 Å². The number of nitrogens with zero attached hydrogens (tertiary/aromatic N) is 3. The first-order valence-corrected chi connectivity index (χ1v) is 16.3. The van der Waals surface area contributed by atoms with Gasteiger partial charge in [0.25, 0.3) is 5.91 Å². The van der Waals surface area contributed by atoms with Gasteiger partial charge in [-0.2, -0.15) is 28.1 Å². The minimum atomic E-state index is -4.65. The maximum absolute atomic E-state index is 12.9. The zero-order valence-electron chi connectivity index (χ0n) is 27.2. The Kier molecular flexibility index (Phi) is 11.6. The summed E-state index contributed by atoms with van der Waals surface area (Å²) in [6.45, 7) is -1.53. The van der Waals surface area contributed by atoms with Crippen molar-refractivity contribution in [3.8, 4) is 6.01 Å². The van der Waals surface area contributed by atoms with Crippen LogP contribution in [0.1, 0.15) is 48.0 Å². The second-order valence-corrected chi connectivity index (χ2v) is 12.4. The third-order valence-electron chi connectivity index (χ3n) is 7.99. The molecule has 1 saturated carbocycles. The van der Waals surface area contributed by atoms with Gasteiger partial charge in [0.15, 0.2) is 6.61 Å². The second-order valence-electron chi connectivity index (χ2n) is 12.0. The van der Waals surface area contributed by atoms with Crippen LogP contribution in [0.2, 0.25) is 5.02 Å². The average molecular weight is 748 g/mol. The van der Waals surface area contributed by atoms with Gasteiger partial charge in [-0.3, -0.25) is 19.2 Å². The fourth-order valence-electron chi connectivity index (χ4n) is 5.17. The van der Waals surface area contributed by atoms with Gasteiger partial charge in [0.1, 0.15) is 6.04 Å². The number of amides is 4. The molecule has 2 atom stereocenters. The Balaban J connectivity index is 1.18. The molecule has 4 amide bonds. The third-order valence-corrected chi connectivity index (χ3v) is 8.24. The molecule has 52 heavy (non-hydrogen) atoms. The summed E-state index contributed by atoms with van der Waals surface area (Å²) >= 11 is 6.01. The number of hydrogen-bond donors (Lipinski definition) is 7. The van der Waals surface area contributed by atoms with Crippen molar-refractivity contribution in [2.45, 2.75) is 55.9 Å². The zero-order valence-corrected chi connectivity index (χ0v) is 27.9. The number of carbonyl (C=O) groups is 5. The molecular weight excluding hydrogens is 715 g/mol. The summed E-state index contributed by atoms with van der Waals surface area (Å²) in [5, 5.41) is 25.9. The van der Waals surface area contributed by atoms with E-state index in [4.69, 9.17) is 16.3 Å². The lowest BCUT2D eigenvalue weighted by atomic mass is 10.1. The molecular formula is C32H33ClF3N9O7. The van der Waals surface area contributed by atoms with Gasteiger partial charge in [0, 0.05) is 41.8 Å². The summed E-state index contributed by atoms with van der Waals surface area (Å²) in [5.41, 5.74) is 0.688. The lowest BCUT2D eigenvalue weighted by Crippen LogP contribution is -2.50. The van der Waals surface area contributed by atoms with Gasteiger partial charge in [-0.1, -0.05) is 23.7 Å². The lowest BCUT2D eigenvalue weighted by Gasteiger charge is -2.22. The monoisotopic (exact) mass is 747 g/mol. The van der Waals surface area contributed by atoms with Gasteiger partial charge in [-0.25, -0.2) is 4.79 Å². The van der Waals surface area contributed by atoms with Gasteiger partial charge in [0.05, 0.1) is 5.54 Å². The minimum Gasteiger partial charge on any atom is -0.480 e. The summed E-state index contributed by atoms with van der Waals surface area (Å²) in [4.78, 5) is 72.7. The van der Waals surface area contributed by atoms with Crippen LogP contribution in [0.3, 0.4) is 0 Å². The molecule has 1 aromatic heterocycles. The molecule has 3 aromatic rings. The van der Waals surface area contributed by atoms with Crippen LogP contribution < -0.4 is 36.6 Å². The molecule has 16 nitrogen and oxygen atoms in total. The van der Waals surface area contributed by atoms with Crippen molar-refractivity contribution < 1.29 is 47.0 Å². The molecule has 1 aliphatic heterocycles. The molecule has 0 spiro atoms. The van der Waals surface area contributed by atoms with Crippen molar-refractivity contribution in [1.29, 1.82) is 0 Å². The summed E-state index contributed by atoms with van der Waals surface area (Å²) < 4.78 is 43.5. The Morgan fingerprint density at radius 2 is 1.69 bits per heavy atom. The Hall–Kier alpha value is -5.72. The van der Waals surface area contributed by atoms with Crippen LogP contribution in [0.25, 0.3) is 0 Å². The number of benzene rings is 2. The second kappa shape index (κ2) is 16.1. The Bertz CT molecular complexity index is 1810. The molecule has 1 saturated heterocycles. The largest absolute Gasteiger partial charge is 0.480 e. The predicted molar refractivity (Wildman–Crippen MR) is 178 cm³/mol. The number of carbonyl (C=O) groups excluding carboxylic acids is 4. The number of nitrogens with one attached hydrogen (secondary N) is 6. The van der Waals surface area contributed by atoms with Gasteiger partial charge in [0.2, 0.25) is 17.8 Å². The Morgan fingerprint density at radius 3 is 2.33 bits per heavy atom. The smallest absolute Gasteiger partial charge is 0.422 e. The highest BCUT2D eigenvalue weighted by molar-refractivity contribution is 6.35. The van der Waals surface area contributed by atoms with Crippen LogP contribution in [0, 0.1) is 0 Å². The highest BCUT2D eigenvalue weighted by Crippen LogP contribution is 2.48. The molecule has 20 heteroatoms. The lowest BCUT2D eigenvalue weighted by molar-refractivity contribution is -0.154. The maximum atomic E-state index is 12.9. The first-order valence-electron chi connectivity index (χ1n) is 15.9. The van der Waals surface area contributed by atoms with E-state index in [0.717, 1.165) is 5.56 Å². The first-order chi connectivity index (χ1) is 24.7. The third kappa shape index (κ3) is 10.6. The van der Waals surface area contributed by atoms with Gasteiger partial charge in [-0.05, 0) is 67.6 Å². The molecule has 0 radical (unpaired) electrons. The quantitative estimate of drug-likeness (QED) is 0.118. The van der Waals surface area contributed by atoms with Crippen LogP contribution in [0.4, 0.5) is 30.8 Å². The normalized spacial score (nSPS) is 16.8. The Labute approximate surface area is 298 Å². The summed E-state index contributed by atoms with van der Waals surface area (Å²) in [5.74, 6) is -4.59. The van der Waals surface area contributed by atoms with Crippen LogP contribution in [0.15, 0.2) is 48.5 Å². The predicted octanol–water partition coefficient (Wildman–Crippen LogP) is 2.39. The standard InChI is InChI=1S/C32H33ClF3N9O7/c33-19-5-3-18(4-6-19)31(11-12-31)45-29-42-28(43-30(44-29)52-16-32(34,35)36)40-20-7-1-17(2-8-20)24(47)41-22(27(50)51)10-14-38-25(48)26(49)39-21-9-13-37-23(46)15-21/h1-8,21-22H,9-16H2,(H,37,46)(H,38,48)(H,39,49)(H,41,47)(H,50,51)(H2,40,42,43,44,45)/t21?,22-/m0/s1. The van der Waals surface area contributed by atoms with Crippen molar-refractivity contribution in [3.05, 3.63) is 64.7 Å². The maximum Gasteiger partial charge on any atom is 0.422 e. The topological polar surface area (TPSA) is 226 Å². The molecule has 2 aromatic carbocycles. The minimum absolute atomic E-state index is 0.0345. The molecule has 1 unspecified atom stereocenters. The molecule has 2 fully saturated rings. The molecule has 2 heterocycles. The van der Waals surface area contributed by atoms with Crippen molar-refractivity contribution in [2.75, 3.05) is 30.3 Å². The van der Waals surface area contributed by atoms with Crippen molar-refractivity contribution in [2.24, 2.45) is 0 Å². The number of carboxylic acid groups (broad SMARTS) is 1. The van der Waals surface area contributed by atoms with E-state index in [1.54, 1.807) is 12.1 Å². The number of rotatable bonds is 14. The number of aliphatic carboxylic acids is 1. The molecule has 2 aliphatic rings. The van der Waals surface area contributed by atoms with Gasteiger partial charge >= 0.3 is 30.0 Å². The zero-order chi connectivity index (χ0) is 37.5. The molecule has 276 valence electrons. The summed E-state index contributed by atoms with van der Waals surface area (Å²) in [6.07, 6.45) is -3.01. The first kappa shape index (κ1) is 37.5. The number of halogens is 4. The molecule has 1 aliphatic carbocycles. The van der Waals surface area contributed by atoms with Crippen LogP contribution in [0.5, 0.6) is 6.01 Å². The van der Waals surface area contributed by atoms with Crippen LogP contribution >= 0.6 is 11.6 Å². The van der Waals surface area contributed by atoms with E-state index < -0.39 is 60.1 Å². The van der Waals surface area contributed by atoms with Crippen molar-refractivity contribution >= 4 is 58.8 Å². The molecule has 5 rings (SSSR count). The highest BCUT2D eigenvalue weighted by atomic mass is 35.5. The Morgan fingerprint density at radius 1 is 1.00 bits per heavy atom. The number of hydrogen-bond acceptors (Lipinski definition) is 11. The van der Waals surface area contributed by atoms with Gasteiger partial charge < -0.3 is 41.7 Å². The number of anilines is 3. The number of piperidine rings is 1. The van der Waals surface area contributed by atoms with E-state index in [1.165, 1.54) is 24.3 Å². The van der Waals surface area contributed by atoms with E-state index in [9.17, 15) is 42.3 Å². The van der Waals surface area contributed by atoms with Crippen LogP contribution in [-0.4, -0.2) is 87.6 Å². The summed E-state index contributed by atoms with van der Waals surface area (Å²) in [7, 11) is 0. The van der Waals surface area contributed by atoms with E-state index >= 15 is 0 Å². The molecule has 7 N–H and O–H groups in total. The van der Waals surface area contributed by atoms with Crippen molar-refractivity contribution in [1.82, 2.24) is 36.2 Å². The highest BCUT2D eigenvalue weighted by Gasteiger charge is 2.45. The average Bonchev–Trinajstić information content (AvgIpc) is 3.87. The van der Waals surface area contributed by atoms with Gasteiger partial charge in [-0.15, -0.1) is 0 Å². The van der Waals surface area contributed by atoms with E-state index in [1.807, 2.05) is 12.1 Å². The number of carboxylic acids is 1. The molecule has 0 bridgehead atoms. The van der Waals surface area contributed by atoms with Crippen molar-refractivity contribution in [3.63, 3.8) is 0 Å². The number of aromatic nitrogens is 3.